The number of halogens is 1. The third kappa shape index (κ3) is 2.25. The highest BCUT2D eigenvalue weighted by molar-refractivity contribution is 5.80. The maximum Gasteiger partial charge on any atom is 0.213 e. The lowest BCUT2D eigenvalue weighted by molar-refractivity contribution is 0.398. The number of hydrogen-bond acceptors (Lipinski definition) is 3. The highest BCUT2D eigenvalue weighted by atomic mass is 19.1. The van der Waals surface area contributed by atoms with E-state index in [9.17, 15) is 4.39 Å². The molecule has 0 amide bonds. The molecule has 0 unspecified atom stereocenters. The molecule has 3 aromatic rings. The van der Waals surface area contributed by atoms with Crippen molar-refractivity contribution in [2.75, 3.05) is 7.11 Å². The van der Waals surface area contributed by atoms with Gasteiger partial charge in [0.15, 0.2) is 0 Å². The Morgan fingerprint density at radius 3 is 2.65 bits per heavy atom. The first-order valence-corrected chi connectivity index (χ1v) is 6.08. The first-order chi connectivity index (χ1) is 9.78. The molecule has 0 aliphatic heterocycles. The van der Waals surface area contributed by atoms with Crippen LogP contribution in [0, 0.1) is 5.82 Å². The number of pyridine rings is 1. The molecule has 0 radical (unpaired) electrons. The fourth-order valence-corrected chi connectivity index (χ4v) is 2.03. The highest BCUT2D eigenvalue weighted by Gasteiger charge is 2.11. The van der Waals surface area contributed by atoms with Gasteiger partial charge in [-0.3, -0.25) is 5.10 Å². The number of nitrogens with one attached hydrogen (secondary N) is 1. The minimum absolute atomic E-state index is 0.267. The molecule has 0 fully saturated rings. The summed E-state index contributed by atoms with van der Waals surface area (Å²) in [5.74, 6) is 0.269. The minimum atomic E-state index is -0.267. The van der Waals surface area contributed by atoms with Crippen LogP contribution in [0.1, 0.15) is 0 Å². The minimum Gasteiger partial charge on any atom is -0.481 e. The van der Waals surface area contributed by atoms with Crippen molar-refractivity contribution in [3.05, 3.63) is 54.6 Å². The van der Waals surface area contributed by atoms with Crippen LogP contribution in [0.25, 0.3) is 22.4 Å². The molecule has 1 aromatic carbocycles. The largest absolute Gasteiger partial charge is 0.481 e. The van der Waals surface area contributed by atoms with Gasteiger partial charge in [-0.2, -0.15) is 5.10 Å². The maximum absolute atomic E-state index is 13.0. The topological polar surface area (TPSA) is 50.8 Å². The van der Waals surface area contributed by atoms with Gasteiger partial charge in [-0.15, -0.1) is 0 Å². The molecule has 20 heavy (non-hydrogen) atoms. The number of aromatic amines is 1. The van der Waals surface area contributed by atoms with Crippen LogP contribution in [0.5, 0.6) is 5.88 Å². The fraction of sp³-hybridized carbons (Fsp3) is 0.0667. The van der Waals surface area contributed by atoms with Crippen LogP contribution in [-0.2, 0) is 0 Å². The summed E-state index contributed by atoms with van der Waals surface area (Å²) >= 11 is 0. The number of methoxy groups -OCH3 is 1. The van der Waals surface area contributed by atoms with Crippen LogP contribution in [0.4, 0.5) is 4.39 Å². The van der Waals surface area contributed by atoms with Crippen molar-refractivity contribution in [3.8, 4) is 28.3 Å². The third-order valence-corrected chi connectivity index (χ3v) is 3.01. The molecule has 0 aliphatic carbocycles. The van der Waals surface area contributed by atoms with Gasteiger partial charge in [0.2, 0.25) is 5.88 Å². The predicted octanol–water partition coefficient (Wildman–Crippen LogP) is 3.29. The Hall–Kier alpha value is -2.69. The zero-order valence-corrected chi connectivity index (χ0v) is 10.8. The number of nitrogens with zero attached hydrogens (tertiary/aromatic N) is 2. The van der Waals surface area contributed by atoms with Gasteiger partial charge in [0, 0.05) is 29.6 Å². The molecule has 3 rings (SSSR count). The number of rotatable bonds is 3. The van der Waals surface area contributed by atoms with Gasteiger partial charge in [0.1, 0.15) is 5.82 Å². The zero-order chi connectivity index (χ0) is 13.9. The van der Waals surface area contributed by atoms with E-state index in [0.29, 0.717) is 5.88 Å². The van der Waals surface area contributed by atoms with E-state index in [-0.39, 0.29) is 5.82 Å². The summed E-state index contributed by atoms with van der Waals surface area (Å²) in [4.78, 5) is 4.08. The van der Waals surface area contributed by atoms with Crippen molar-refractivity contribution in [2.45, 2.75) is 0 Å². The Balaban J connectivity index is 2.07. The number of hydrogen-bond donors (Lipinski definition) is 1. The molecule has 5 heteroatoms. The van der Waals surface area contributed by atoms with Crippen molar-refractivity contribution < 1.29 is 9.13 Å². The number of benzene rings is 1. The molecule has 0 bridgehead atoms. The summed E-state index contributed by atoms with van der Waals surface area (Å²) in [5, 5.41) is 7.08. The quantitative estimate of drug-likeness (QED) is 0.793. The summed E-state index contributed by atoms with van der Waals surface area (Å²) < 4.78 is 18.1. The van der Waals surface area contributed by atoms with Gasteiger partial charge in [0.05, 0.1) is 12.8 Å². The number of ether oxygens (including phenoxy) is 1. The molecule has 4 nitrogen and oxygen atoms in total. The van der Waals surface area contributed by atoms with Crippen molar-refractivity contribution >= 4 is 0 Å². The molecule has 100 valence electrons. The maximum atomic E-state index is 13.0. The second kappa shape index (κ2) is 5.13. The second-order valence-corrected chi connectivity index (χ2v) is 4.24. The lowest BCUT2D eigenvalue weighted by atomic mass is 10.0. The smallest absolute Gasteiger partial charge is 0.213 e. The van der Waals surface area contributed by atoms with Gasteiger partial charge >= 0.3 is 0 Å². The van der Waals surface area contributed by atoms with E-state index in [1.165, 1.54) is 12.1 Å². The zero-order valence-electron chi connectivity index (χ0n) is 10.8. The van der Waals surface area contributed by atoms with E-state index in [2.05, 4.69) is 15.2 Å². The summed E-state index contributed by atoms with van der Waals surface area (Å²) in [6.45, 7) is 0. The van der Waals surface area contributed by atoms with Gasteiger partial charge in [0.25, 0.3) is 0 Å². The van der Waals surface area contributed by atoms with Gasteiger partial charge < -0.3 is 4.74 Å². The predicted molar refractivity (Wildman–Crippen MR) is 73.8 cm³/mol. The Labute approximate surface area is 115 Å². The lowest BCUT2D eigenvalue weighted by Gasteiger charge is -2.04. The molecule has 2 heterocycles. The van der Waals surface area contributed by atoms with Crippen LogP contribution < -0.4 is 4.74 Å². The van der Waals surface area contributed by atoms with Crippen molar-refractivity contribution in [1.29, 1.82) is 0 Å². The summed E-state index contributed by atoms with van der Waals surface area (Å²) in [7, 11) is 1.57. The van der Waals surface area contributed by atoms with E-state index >= 15 is 0 Å². The van der Waals surface area contributed by atoms with Crippen LogP contribution in [0.3, 0.4) is 0 Å². The second-order valence-electron chi connectivity index (χ2n) is 4.24. The van der Waals surface area contributed by atoms with Crippen molar-refractivity contribution in [2.24, 2.45) is 0 Å². The fourth-order valence-electron chi connectivity index (χ4n) is 2.03. The van der Waals surface area contributed by atoms with E-state index in [0.717, 1.165) is 22.4 Å². The summed E-state index contributed by atoms with van der Waals surface area (Å²) in [6, 6.07) is 9.95. The SMILES string of the molecule is COc1cc(-c2c[nH]nc2-c2ccc(F)cc2)ccn1. The van der Waals surface area contributed by atoms with Crippen LogP contribution >= 0.6 is 0 Å². The molecule has 2 aromatic heterocycles. The third-order valence-electron chi connectivity index (χ3n) is 3.01. The highest BCUT2D eigenvalue weighted by Crippen LogP contribution is 2.31. The number of H-pyrrole nitrogens is 1. The Kier molecular flexibility index (Phi) is 3.16. The Morgan fingerprint density at radius 2 is 1.90 bits per heavy atom. The first kappa shape index (κ1) is 12.3. The van der Waals surface area contributed by atoms with Crippen molar-refractivity contribution in [3.63, 3.8) is 0 Å². The average Bonchev–Trinajstić information content (AvgIpc) is 2.97. The standard InChI is InChI=1S/C15H12FN3O/c1-20-14-8-11(6-7-17-14)13-9-18-19-15(13)10-2-4-12(16)5-3-10/h2-9H,1H3,(H,18,19). The van der Waals surface area contributed by atoms with Gasteiger partial charge in [-0.25, -0.2) is 9.37 Å². The van der Waals surface area contributed by atoms with E-state index in [4.69, 9.17) is 4.74 Å². The van der Waals surface area contributed by atoms with E-state index in [1.807, 2.05) is 12.1 Å². The average molecular weight is 269 g/mol. The van der Waals surface area contributed by atoms with Crippen LogP contribution in [-0.4, -0.2) is 22.3 Å². The molecule has 0 spiro atoms. The normalized spacial score (nSPS) is 10.5. The first-order valence-electron chi connectivity index (χ1n) is 6.08. The van der Waals surface area contributed by atoms with E-state index in [1.54, 1.807) is 31.6 Å². The Bertz CT molecular complexity index is 722. The van der Waals surface area contributed by atoms with Crippen LogP contribution in [0.2, 0.25) is 0 Å². The summed E-state index contributed by atoms with van der Waals surface area (Å²) in [6.07, 6.45) is 3.48. The molecule has 0 saturated carbocycles. The van der Waals surface area contributed by atoms with Crippen LogP contribution in [0.15, 0.2) is 48.8 Å². The van der Waals surface area contributed by atoms with E-state index < -0.39 is 0 Å². The van der Waals surface area contributed by atoms with Gasteiger partial charge in [-0.1, -0.05) is 0 Å². The van der Waals surface area contributed by atoms with Crippen molar-refractivity contribution in [1.82, 2.24) is 15.2 Å². The molecular formula is C15H12FN3O. The molecule has 0 aliphatic rings. The molecule has 0 saturated heterocycles. The molecule has 1 N–H and O–H groups in total. The lowest BCUT2D eigenvalue weighted by Crippen LogP contribution is -1.88. The Morgan fingerprint density at radius 1 is 1.10 bits per heavy atom. The number of aromatic nitrogens is 3. The molecular weight excluding hydrogens is 257 g/mol. The summed E-state index contributed by atoms with van der Waals surface area (Å²) in [5.41, 5.74) is 3.46. The van der Waals surface area contributed by atoms with Gasteiger partial charge in [-0.05, 0) is 35.9 Å². The monoisotopic (exact) mass is 269 g/mol. The molecule has 0 atom stereocenters.